The third kappa shape index (κ3) is 5.52. The van der Waals surface area contributed by atoms with Crippen molar-refractivity contribution in [3.05, 3.63) is 33.3 Å². The number of methoxy groups -OCH3 is 1. The highest BCUT2D eigenvalue weighted by atomic mass is 79.9. The summed E-state index contributed by atoms with van der Waals surface area (Å²) in [5.74, 6) is -0.106. The molecule has 0 radical (unpaired) electrons. The fraction of sp³-hybridized carbons (Fsp3) is 0.417. The monoisotopic (exact) mass is 319 g/mol. The molecule has 94 valence electrons. The van der Waals surface area contributed by atoms with Crippen molar-refractivity contribution in [2.45, 2.75) is 12.8 Å². The molecule has 0 saturated heterocycles. The molecule has 0 spiro atoms. The molecule has 1 rings (SSSR count). The first-order chi connectivity index (χ1) is 8.13. The summed E-state index contributed by atoms with van der Waals surface area (Å²) in [5.41, 5.74) is 0.566. The van der Waals surface area contributed by atoms with E-state index in [4.69, 9.17) is 16.3 Å². The fourth-order valence-electron chi connectivity index (χ4n) is 1.36. The van der Waals surface area contributed by atoms with E-state index in [0.717, 1.165) is 23.9 Å². The van der Waals surface area contributed by atoms with E-state index in [1.807, 2.05) is 0 Å². The molecule has 0 aliphatic carbocycles. The molecule has 1 aromatic rings. The van der Waals surface area contributed by atoms with Gasteiger partial charge in [-0.1, -0.05) is 27.5 Å². The van der Waals surface area contributed by atoms with Gasteiger partial charge < -0.3 is 10.1 Å². The van der Waals surface area contributed by atoms with Gasteiger partial charge in [-0.2, -0.15) is 0 Å². The van der Waals surface area contributed by atoms with Crippen molar-refractivity contribution in [1.29, 1.82) is 0 Å². The van der Waals surface area contributed by atoms with Gasteiger partial charge in [0.25, 0.3) is 5.91 Å². The number of halogens is 2. The maximum Gasteiger partial charge on any atom is 0.251 e. The number of rotatable bonds is 6. The van der Waals surface area contributed by atoms with Crippen LogP contribution in [-0.2, 0) is 4.74 Å². The number of carbonyl (C=O) groups excluding carboxylic acids is 1. The molecular weight excluding hydrogens is 305 g/mol. The van der Waals surface area contributed by atoms with E-state index in [1.54, 1.807) is 25.3 Å². The Kier molecular flexibility index (Phi) is 6.55. The zero-order chi connectivity index (χ0) is 12.7. The molecule has 0 heterocycles. The van der Waals surface area contributed by atoms with E-state index >= 15 is 0 Å². The summed E-state index contributed by atoms with van der Waals surface area (Å²) in [4.78, 5) is 11.8. The lowest BCUT2D eigenvalue weighted by Crippen LogP contribution is -2.24. The maximum absolute atomic E-state index is 11.8. The molecule has 1 N–H and O–H groups in total. The summed E-state index contributed by atoms with van der Waals surface area (Å²) < 4.78 is 5.73. The molecule has 1 amide bonds. The van der Waals surface area contributed by atoms with Crippen molar-refractivity contribution in [2.75, 3.05) is 20.3 Å². The van der Waals surface area contributed by atoms with Crippen molar-refractivity contribution in [1.82, 2.24) is 5.32 Å². The van der Waals surface area contributed by atoms with Crippen LogP contribution in [0.5, 0.6) is 0 Å². The minimum absolute atomic E-state index is 0.106. The third-order valence-electron chi connectivity index (χ3n) is 2.19. The Bertz CT molecular complexity index is 365. The number of benzene rings is 1. The highest BCUT2D eigenvalue weighted by Gasteiger charge is 2.06. The van der Waals surface area contributed by atoms with Crippen molar-refractivity contribution < 1.29 is 9.53 Å². The Hall–Kier alpha value is -0.580. The normalized spacial score (nSPS) is 10.3. The quantitative estimate of drug-likeness (QED) is 0.817. The van der Waals surface area contributed by atoms with Crippen LogP contribution in [0.4, 0.5) is 0 Å². The Labute approximate surface area is 115 Å². The van der Waals surface area contributed by atoms with Crippen molar-refractivity contribution in [3.8, 4) is 0 Å². The van der Waals surface area contributed by atoms with E-state index < -0.39 is 0 Å². The van der Waals surface area contributed by atoms with Gasteiger partial charge in [0, 0.05) is 35.3 Å². The minimum atomic E-state index is -0.106. The smallest absolute Gasteiger partial charge is 0.251 e. The van der Waals surface area contributed by atoms with Crippen LogP contribution in [0.1, 0.15) is 23.2 Å². The Morgan fingerprint density at radius 3 is 2.82 bits per heavy atom. The average molecular weight is 321 g/mol. The largest absolute Gasteiger partial charge is 0.385 e. The summed E-state index contributed by atoms with van der Waals surface area (Å²) in [7, 11) is 1.67. The number of hydrogen-bond acceptors (Lipinski definition) is 2. The van der Waals surface area contributed by atoms with E-state index in [0.29, 0.717) is 17.1 Å². The first-order valence-electron chi connectivity index (χ1n) is 5.36. The van der Waals surface area contributed by atoms with Gasteiger partial charge in [0.2, 0.25) is 0 Å². The molecule has 0 aromatic heterocycles. The number of carbonyl (C=O) groups is 1. The van der Waals surface area contributed by atoms with Crippen LogP contribution >= 0.6 is 27.5 Å². The molecule has 0 bridgehead atoms. The number of amides is 1. The van der Waals surface area contributed by atoms with Crippen molar-refractivity contribution in [2.24, 2.45) is 0 Å². The highest BCUT2D eigenvalue weighted by molar-refractivity contribution is 9.10. The zero-order valence-electron chi connectivity index (χ0n) is 9.63. The van der Waals surface area contributed by atoms with Crippen LogP contribution in [-0.4, -0.2) is 26.2 Å². The number of ether oxygens (including phenoxy) is 1. The summed E-state index contributed by atoms with van der Waals surface area (Å²) in [6, 6.07) is 5.14. The number of nitrogens with one attached hydrogen (secondary N) is 1. The lowest BCUT2D eigenvalue weighted by atomic mass is 10.2. The molecule has 0 aliphatic rings. The van der Waals surface area contributed by atoms with Gasteiger partial charge in [-0.3, -0.25) is 4.79 Å². The van der Waals surface area contributed by atoms with Gasteiger partial charge in [-0.15, -0.1) is 0 Å². The second kappa shape index (κ2) is 7.69. The van der Waals surface area contributed by atoms with E-state index in [9.17, 15) is 4.79 Å². The average Bonchev–Trinajstić information content (AvgIpc) is 2.27. The van der Waals surface area contributed by atoms with Gasteiger partial charge in [-0.25, -0.2) is 0 Å². The van der Waals surface area contributed by atoms with Crippen molar-refractivity contribution in [3.63, 3.8) is 0 Å². The molecule has 3 nitrogen and oxygen atoms in total. The van der Waals surface area contributed by atoms with Crippen LogP contribution in [0.15, 0.2) is 22.7 Å². The molecule has 0 fully saturated rings. The van der Waals surface area contributed by atoms with E-state index in [2.05, 4.69) is 21.2 Å². The first-order valence-corrected chi connectivity index (χ1v) is 6.54. The second-order valence-electron chi connectivity index (χ2n) is 3.61. The molecule has 1 aromatic carbocycles. The van der Waals surface area contributed by atoms with E-state index in [1.165, 1.54) is 0 Å². The van der Waals surface area contributed by atoms with Crippen molar-refractivity contribution >= 4 is 33.4 Å². The predicted octanol–water partition coefficient (Wildman–Crippen LogP) is 3.26. The lowest BCUT2D eigenvalue weighted by molar-refractivity contribution is 0.0951. The van der Waals surface area contributed by atoms with Gasteiger partial charge in [-0.05, 0) is 31.0 Å². The highest BCUT2D eigenvalue weighted by Crippen LogP contribution is 2.19. The van der Waals surface area contributed by atoms with Crippen LogP contribution in [0.3, 0.4) is 0 Å². The number of hydrogen-bond donors (Lipinski definition) is 1. The summed E-state index contributed by atoms with van der Waals surface area (Å²) >= 11 is 9.17. The molecule has 5 heteroatoms. The third-order valence-corrected chi connectivity index (χ3v) is 2.86. The Morgan fingerprint density at radius 1 is 1.41 bits per heavy atom. The van der Waals surface area contributed by atoms with E-state index in [-0.39, 0.29) is 5.91 Å². The maximum atomic E-state index is 11.8. The predicted molar refractivity (Wildman–Crippen MR) is 72.6 cm³/mol. The summed E-state index contributed by atoms with van der Waals surface area (Å²) in [6.45, 7) is 1.37. The summed E-state index contributed by atoms with van der Waals surface area (Å²) in [5, 5.41) is 3.38. The molecule has 0 aliphatic heterocycles. The van der Waals surface area contributed by atoms with Crippen LogP contribution in [0.2, 0.25) is 5.02 Å². The SMILES string of the molecule is COCCCCNC(=O)c1cc(Cl)cc(Br)c1. The van der Waals surface area contributed by atoms with Crippen LogP contribution in [0, 0.1) is 0 Å². The zero-order valence-corrected chi connectivity index (χ0v) is 12.0. The summed E-state index contributed by atoms with van der Waals surface area (Å²) in [6.07, 6.45) is 1.84. The Morgan fingerprint density at radius 2 is 2.18 bits per heavy atom. The number of unbranched alkanes of at least 4 members (excludes halogenated alkanes) is 1. The van der Waals surface area contributed by atoms with Gasteiger partial charge in [0.15, 0.2) is 0 Å². The van der Waals surface area contributed by atoms with Gasteiger partial charge in [0.1, 0.15) is 0 Å². The second-order valence-corrected chi connectivity index (χ2v) is 4.97. The molecule has 0 unspecified atom stereocenters. The first kappa shape index (κ1) is 14.5. The van der Waals surface area contributed by atoms with Crippen LogP contribution < -0.4 is 5.32 Å². The molecule has 0 saturated carbocycles. The lowest BCUT2D eigenvalue weighted by Gasteiger charge is -2.06. The molecular formula is C12H15BrClNO2. The minimum Gasteiger partial charge on any atom is -0.385 e. The molecule has 17 heavy (non-hydrogen) atoms. The topological polar surface area (TPSA) is 38.3 Å². The molecule has 0 atom stereocenters. The van der Waals surface area contributed by atoms with Gasteiger partial charge in [0.05, 0.1) is 0 Å². The van der Waals surface area contributed by atoms with Gasteiger partial charge >= 0.3 is 0 Å². The Balaban J connectivity index is 2.41. The standard InChI is InChI=1S/C12H15BrClNO2/c1-17-5-3-2-4-15-12(16)9-6-10(13)8-11(14)7-9/h6-8H,2-5H2,1H3,(H,15,16). The fourth-order valence-corrected chi connectivity index (χ4v) is 2.22. The van der Waals surface area contributed by atoms with Crippen LogP contribution in [0.25, 0.3) is 0 Å².